The quantitative estimate of drug-likeness (QED) is 0.377. The predicted octanol–water partition coefficient (Wildman–Crippen LogP) is 3.75. The Hall–Kier alpha value is -3.85. The lowest BCUT2D eigenvalue weighted by Crippen LogP contribution is -2.58. The van der Waals surface area contributed by atoms with Crippen LogP contribution in [0.3, 0.4) is 0 Å². The number of aromatic amines is 1. The number of piperazine rings is 1. The van der Waals surface area contributed by atoms with Crippen LogP contribution in [0.5, 0.6) is 11.5 Å². The molecule has 0 aliphatic carbocycles. The zero-order chi connectivity index (χ0) is 27.7. The number of hydrogen-bond donors (Lipinski definition) is 1. The minimum Gasteiger partial charge on any atom is -0.496 e. The average Bonchev–Trinajstić information content (AvgIpc) is 3.35. The molecule has 1 aliphatic rings. The maximum Gasteiger partial charge on any atom is 0.294 e. The molecule has 1 aliphatic heterocycles. The number of ether oxygens (including phenoxy) is 2. The van der Waals surface area contributed by atoms with Crippen molar-refractivity contribution in [3.63, 3.8) is 0 Å². The molecule has 1 saturated heterocycles. The van der Waals surface area contributed by atoms with Crippen LogP contribution in [-0.2, 0) is 4.79 Å². The summed E-state index contributed by atoms with van der Waals surface area (Å²) in [4.78, 5) is 48.1. The SMILES string of the molecule is COc1cc2[nH]cc(C(=O)C(=O)N(C)C)c2c(OC)c1C(=O)N1CC(C)N(C(C)c2ccccc2)CC1C. The van der Waals surface area contributed by atoms with Crippen LogP contribution in [0.25, 0.3) is 10.9 Å². The van der Waals surface area contributed by atoms with Crippen LogP contribution < -0.4 is 9.47 Å². The van der Waals surface area contributed by atoms with Crippen LogP contribution in [0.1, 0.15) is 53.1 Å². The third-order valence-corrected chi connectivity index (χ3v) is 7.44. The number of ketones is 1. The van der Waals surface area contributed by atoms with E-state index in [0.29, 0.717) is 29.7 Å². The first kappa shape index (κ1) is 27.2. The van der Waals surface area contributed by atoms with E-state index in [4.69, 9.17) is 9.47 Å². The highest BCUT2D eigenvalue weighted by atomic mass is 16.5. The normalized spacial score (nSPS) is 18.8. The van der Waals surface area contributed by atoms with Gasteiger partial charge >= 0.3 is 0 Å². The molecule has 2 amide bonds. The van der Waals surface area contributed by atoms with Gasteiger partial charge in [0.15, 0.2) is 0 Å². The Kier molecular flexibility index (Phi) is 7.78. The van der Waals surface area contributed by atoms with Gasteiger partial charge in [-0.15, -0.1) is 0 Å². The lowest BCUT2D eigenvalue weighted by atomic mass is 9.98. The average molecular weight is 521 g/mol. The molecule has 2 heterocycles. The molecule has 1 N–H and O–H groups in total. The maximum absolute atomic E-state index is 14.1. The fourth-order valence-electron chi connectivity index (χ4n) is 5.35. The van der Waals surface area contributed by atoms with Gasteiger partial charge in [0.25, 0.3) is 17.6 Å². The number of Topliss-reactive ketones (excluding diaryl/α,β-unsaturated/α-hetero) is 1. The highest BCUT2D eigenvalue weighted by Gasteiger charge is 2.38. The summed E-state index contributed by atoms with van der Waals surface area (Å²) >= 11 is 0. The fourth-order valence-corrected chi connectivity index (χ4v) is 5.35. The fraction of sp³-hybridized carbons (Fsp3) is 0.414. The number of nitrogens with zero attached hydrogens (tertiary/aromatic N) is 3. The van der Waals surface area contributed by atoms with Crippen molar-refractivity contribution in [2.45, 2.75) is 38.9 Å². The van der Waals surface area contributed by atoms with E-state index in [2.05, 4.69) is 35.9 Å². The standard InChI is InChI=1S/C29H36N4O5/c1-17-16-33(18(2)15-32(17)19(3)20-11-9-8-10-12-20)28(35)25-23(37-6)13-22-24(27(25)38-7)21(14-30-22)26(34)29(36)31(4)5/h8-14,17-19,30H,15-16H2,1-7H3. The summed E-state index contributed by atoms with van der Waals surface area (Å²) in [6.45, 7) is 7.56. The summed E-state index contributed by atoms with van der Waals surface area (Å²) in [6, 6.07) is 12.2. The largest absolute Gasteiger partial charge is 0.496 e. The van der Waals surface area contributed by atoms with Crippen LogP contribution in [0.15, 0.2) is 42.6 Å². The molecule has 2 aromatic carbocycles. The third-order valence-electron chi connectivity index (χ3n) is 7.44. The van der Waals surface area contributed by atoms with E-state index in [0.717, 1.165) is 0 Å². The molecule has 0 saturated carbocycles. The van der Waals surface area contributed by atoms with Crippen molar-refractivity contribution in [3.8, 4) is 11.5 Å². The van der Waals surface area contributed by atoms with Crippen molar-refractivity contribution < 1.29 is 23.9 Å². The lowest BCUT2D eigenvalue weighted by Gasteiger charge is -2.46. The Balaban J connectivity index is 1.72. The molecule has 9 heteroatoms. The molecule has 202 valence electrons. The van der Waals surface area contributed by atoms with Gasteiger partial charge in [0.2, 0.25) is 0 Å². The Morgan fingerprint density at radius 2 is 1.71 bits per heavy atom. The van der Waals surface area contributed by atoms with Crippen molar-refractivity contribution in [2.24, 2.45) is 0 Å². The molecule has 0 spiro atoms. The van der Waals surface area contributed by atoms with Gasteiger partial charge < -0.3 is 24.3 Å². The van der Waals surface area contributed by atoms with E-state index >= 15 is 0 Å². The van der Waals surface area contributed by atoms with E-state index < -0.39 is 11.7 Å². The van der Waals surface area contributed by atoms with Crippen LogP contribution in [-0.4, -0.2) is 90.8 Å². The second-order valence-electron chi connectivity index (χ2n) is 10.1. The molecule has 1 fully saturated rings. The van der Waals surface area contributed by atoms with Gasteiger partial charge in [-0.3, -0.25) is 19.3 Å². The minimum atomic E-state index is -0.686. The Morgan fingerprint density at radius 1 is 1.03 bits per heavy atom. The molecule has 9 nitrogen and oxygen atoms in total. The van der Waals surface area contributed by atoms with Gasteiger partial charge in [-0.2, -0.15) is 0 Å². The summed E-state index contributed by atoms with van der Waals surface area (Å²) in [7, 11) is 5.98. The summed E-state index contributed by atoms with van der Waals surface area (Å²) in [6.07, 6.45) is 1.47. The number of benzene rings is 2. The summed E-state index contributed by atoms with van der Waals surface area (Å²) in [5, 5.41) is 0.383. The van der Waals surface area contributed by atoms with Crippen LogP contribution >= 0.6 is 0 Å². The molecular formula is C29H36N4O5. The number of aromatic nitrogens is 1. The number of likely N-dealkylation sites (N-methyl/N-ethyl adjacent to an activating group) is 1. The van der Waals surface area contributed by atoms with Gasteiger partial charge in [-0.1, -0.05) is 30.3 Å². The number of carbonyl (C=O) groups is 3. The molecule has 0 radical (unpaired) electrons. The Morgan fingerprint density at radius 3 is 2.32 bits per heavy atom. The second-order valence-corrected chi connectivity index (χ2v) is 10.1. The van der Waals surface area contributed by atoms with Gasteiger partial charge in [-0.05, 0) is 26.3 Å². The summed E-state index contributed by atoms with van der Waals surface area (Å²) < 4.78 is 11.4. The van der Waals surface area contributed by atoms with Crippen molar-refractivity contribution in [1.82, 2.24) is 19.7 Å². The highest BCUT2D eigenvalue weighted by Crippen LogP contribution is 2.40. The lowest BCUT2D eigenvalue weighted by molar-refractivity contribution is -0.124. The summed E-state index contributed by atoms with van der Waals surface area (Å²) in [5.41, 5.74) is 2.15. The second kappa shape index (κ2) is 10.9. The molecule has 3 atom stereocenters. The Labute approximate surface area is 223 Å². The van der Waals surface area contributed by atoms with Crippen LogP contribution in [0.4, 0.5) is 0 Å². The zero-order valence-electron chi connectivity index (χ0n) is 23.1. The number of methoxy groups -OCH3 is 2. The molecule has 1 aromatic heterocycles. The highest BCUT2D eigenvalue weighted by molar-refractivity contribution is 6.45. The van der Waals surface area contributed by atoms with E-state index in [1.807, 2.05) is 30.0 Å². The maximum atomic E-state index is 14.1. The van der Waals surface area contributed by atoms with Crippen LogP contribution in [0.2, 0.25) is 0 Å². The number of hydrogen-bond acceptors (Lipinski definition) is 6. The van der Waals surface area contributed by atoms with Gasteiger partial charge in [0, 0.05) is 57.6 Å². The Bertz CT molecular complexity index is 1350. The summed E-state index contributed by atoms with van der Waals surface area (Å²) in [5.74, 6) is -1.05. The van der Waals surface area contributed by atoms with Gasteiger partial charge in [0.05, 0.1) is 30.7 Å². The monoisotopic (exact) mass is 520 g/mol. The number of nitrogens with one attached hydrogen (secondary N) is 1. The van der Waals surface area contributed by atoms with Gasteiger partial charge in [0.1, 0.15) is 17.1 Å². The van der Waals surface area contributed by atoms with Gasteiger partial charge in [-0.25, -0.2) is 0 Å². The van der Waals surface area contributed by atoms with Crippen LogP contribution in [0, 0.1) is 0 Å². The zero-order valence-corrected chi connectivity index (χ0v) is 23.1. The molecular weight excluding hydrogens is 484 g/mol. The number of rotatable bonds is 7. The van der Waals surface area contributed by atoms with Crippen molar-refractivity contribution >= 4 is 28.5 Å². The van der Waals surface area contributed by atoms with E-state index in [1.54, 1.807) is 6.07 Å². The molecule has 38 heavy (non-hydrogen) atoms. The topological polar surface area (TPSA) is 95.2 Å². The van der Waals surface area contributed by atoms with E-state index in [1.165, 1.54) is 45.0 Å². The van der Waals surface area contributed by atoms with Crippen molar-refractivity contribution in [3.05, 3.63) is 59.3 Å². The molecule has 0 bridgehead atoms. The van der Waals surface area contributed by atoms with Crippen molar-refractivity contribution in [1.29, 1.82) is 0 Å². The van der Waals surface area contributed by atoms with E-state index in [-0.39, 0.29) is 40.9 Å². The first-order chi connectivity index (χ1) is 18.1. The molecule has 4 rings (SSSR count). The smallest absolute Gasteiger partial charge is 0.294 e. The predicted molar refractivity (Wildman–Crippen MR) is 146 cm³/mol. The number of carbonyl (C=O) groups excluding carboxylic acids is 3. The molecule has 3 unspecified atom stereocenters. The first-order valence-corrected chi connectivity index (χ1v) is 12.7. The third kappa shape index (κ3) is 4.74. The minimum absolute atomic E-state index is 0.0855. The number of amides is 2. The van der Waals surface area contributed by atoms with E-state index in [9.17, 15) is 14.4 Å². The number of H-pyrrole nitrogens is 1. The first-order valence-electron chi connectivity index (χ1n) is 12.7. The molecule has 3 aromatic rings. The number of fused-ring (bicyclic) bond motifs is 1. The van der Waals surface area contributed by atoms with Crippen molar-refractivity contribution in [2.75, 3.05) is 41.4 Å².